The number of nitrogens with one attached hydrogen (secondary N) is 2. The second kappa shape index (κ2) is 7.24. The van der Waals surface area contributed by atoms with Crippen molar-refractivity contribution in [3.05, 3.63) is 65.4 Å². The molecule has 3 aromatic rings. The highest BCUT2D eigenvalue weighted by Gasteiger charge is 2.20. The lowest BCUT2D eigenvalue weighted by Crippen LogP contribution is -2.17. The minimum absolute atomic E-state index is 0.0337. The van der Waals surface area contributed by atoms with Crippen molar-refractivity contribution in [3.8, 4) is 0 Å². The number of H-pyrrole nitrogens is 1. The number of sulfonamides is 1. The Hall–Kier alpha value is -3.13. The molecule has 2 N–H and O–H groups in total. The third-order valence-electron chi connectivity index (χ3n) is 3.95. The molecule has 140 valence electrons. The molecule has 0 aliphatic carbocycles. The lowest BCUT2D eigenvalue weighted by molar-refractivity contribution is 0.0476. The van der Waals surface area contributed by atoms with E-state index in [1.807, 2.05) is 24.3 Å². The molecule has 0 aliphatic heterocycles. The topological polar surface area (TPSA) is 105 Å². The maximum atomic E-state index is 12.6. The summed E-state index contributed by atoms with van der Waals surface area (Å²) in [7, 11) is -3.56. The highest BCUT2D eigenvalue weighted by atomic mass is 32.2. The van der Waals surface area contributed by atoms with Gasteiger partial charge in [-0.25, -0.2) is 13.2 Å². The summed E-state index contributed by atoms with van der Waals surface area (Å²) >= 11 is 0. The number of anilines is 1. The van der Waals surface area contributed by atoms with Crippen LogP contribution in [0.25, 0.3) is 10.9 Å². The van der Waals surface area contributed by atoms with Crippen LogP contribution in [0.3, 0.4) is 0 Å². The summed E-state index contributed by atoms with van der Waals surface area (Å²) in [4.78, 5) is 28.1. The number of para-hydroxylation sites is 2. The third kappa shape index (κ3) is 4.17. The number of aryl methyl sites for hydroxylation is 1. The summed E-state index contributed by atoms with van der Waals surface area (Å²) in [5.74, 6) is -1.13. The first-order valence-corrected chi connectivity index (χ1v) is 10.00. The van der Waals surface area contributed by atoms with Gasteiger partial charge in [-0.05, 0) is 25.1 Å². The Kier molecular flexibility index (Phi) is 5.00. The number of carbonyl (C=O) groups excluding carboxylic acids is 2. The van der Waals surface area contributed by atoms with Crippen molar-refractivity contribution in [2.45, 2.75) is 6.92 Å². The number of esters is 1. The number of ketones is 1. The van der Waals surface area contributed by atoms with Gasteiger partial charge in [-0.15, -0.1) is 0 Å². The molecule has 7 nitrogen and oxygen atoms in total. The van der Waals surface area contributed by atoms with E-state index >= 15 is 0 Å². The van der Waals surface area contributed by atoms with Crippen molar-refractivity contribution in [3.63, 3.8) is 0 Å². The van der Waals surface area contributed by atoms with Crippen LogP contribution in [0.4, 0.5) is 5.69 Å². The van der Waals surface area contributed by atoms with E-state index in [4.69, 9.17) is 4.74 Å². The molecule has 0 radical (unpaired) electrons. The molecule has 3 rings (SSSR count). The zero-order valence-electron chi connectivity index (χ0n) is 14.8. The number of rotatable bonds is 6. The first-order chi connectivity index (χ1) is 12.8. The normalized spacial score (nSPS) is 11.3. The van der Waals surface area contributed by atoms with E-state index in [0.29, 0.717) is 11.3 Å². The fourth-order valence-electron chi connectivity index (χ4n) is 2.87. The second-order valence-corrected chi connectivity index (χ2v) is 7.84. The van der Waals surface area contributed by atoms with Gasteiger partial charge in [0.1, 0.15) is 0 Å². The van der Waals surface area contributed by atoms with E-state index in [1.165, 1.54) is 12.1 Å². The third-order valence-corrected chi connectivity index (χ3v) is 4.54. The molecule has 0 bridgehead atoms. The molecule has 0 spiro atoms. The highest BCUT2D eigenvalue weighted by molar-refractivity contribution is 7.92. The number of Topliss-reactive ketones (excluding diaryl/α,β-unsaturated/α-hetero) is 1. The van der Waals surface area contributed by atoms with Crippen LogP contribution >= 0.6 is 0 Å². The average Bonchev–Trinajstić information content (AvgIpc) is 2.94. The Morgan fingerprint density at radius 2 is 1.74 bits per heavy atom. The molecule has 0 unspecified atom stereocenters. The molecule has 2 aromatic carbocycles. The lowest BCUT2D eigenvalue weighted by Gasteiger charge is -2.10. The van der Waals surface area contributed by atoms with Gasteiger partial charge in [-0.1, -0.05) is 30.3 Å². The van der Waals surface area contributed by atoms with Crippen LogP contribution in [0.5, 0.6) is 0 Å². The number of ether oxygens (including phenoxy) is 1. The van der Waals surface area contributed by atoms with E-state index in [1.54, 1.807) is 19.1 Å². The fraction of sp³-hybridized carbons (Fsp3) is 0.158. The molecular formula is C19H18N2O5S. The summed E-state index contributed by atoms with van der Waals surface area (Å²) in [6.45, 7) is 1.33. The summed E-state index contributed by atoms with van der Waals surface area (Å²) in [6.07, 6.45) is 0.985. The minimum Gasteiger partial charge on any atom is -0.454 e. The van der Waals surface area contributed by atoms with Gasteiger partial charge in [0.25, 0.3) is 0 Å². The number of aromatic amines is 1. The Bertz CT molecular complexity index is 1130. The van der Waals surface area contributed by atoms with Gasteiger partial charge in [0.05, 0.1) is 17.5 Å². The fourth-order valence-corrected chi connectivity index (χ4v) is 3.44. The first-order valence-electron chi connectivity index (χ1n) is 8.11. The van der Waals surface area contributed by atoms with Crippen LogP contribution in [-0.4, -0.2) is 38.0 Å². The zero-order chi connectivity index (χ0) is 19.6. The zero-order valence-corrected chi connectivity index (χ0v) is 15.6. The molecule has 1 aromatic heterocycles. The first kappa shape index (κ1) is 18.7. The Labute approximate surface area is 156 Å². The average molecular weight is 386 g/mol. The van der Waals surface area contributed by atoms with Crippen molar-refractivity contribution >= 4 is 38.4 Å². The van der Waals surface area contributed by atoms with E-state index < -0.39 is 22.6 Å². The Morgan fingerprint density at radius 3 is 2.48 bits per heavy atom. The van der Waals surface area contributed by atoms with Crippen LogP contribution in [-0.2, 0) is 14.8 Å². The highest BCUT2D eigenvalue weighted by Crippen LogP contribution is 2.23. The van der Waals surface area contributed by atoms with E-state index in [-0.39, 0.29) is 17.0 Å². The summed E-state index contributed by atoms with van der Waals surface area (Å²) in [6, 6.07) is 13.4. The van der Waals surface area contributed by atoms with Gasteiger partial charge < -0.3 is 9.72 Å². The van der Waals surface area contributed by atoms with Crippen molar-refractivity contribution in [1.29, 1.82) is 0 Å². The number of carbonyl (C=O) groups is 2. The number of benzene rings is 2. The maximum Gasteiger partial charge on any atom is 0.340 e. The van der Waals surface area contributed by atoms with Gasteiger partial charge in [0.2, 0.25) is 15.8 Å². The second-order valence-electron chi connectivity index (χ2n) is 6.09. The molecule has 0 atom stereocenters. The largest absolute Gasteiger partial charge is 0.454 e. The molecule has 0 saturated carbocycles. The summed E-state index contributed by atoms with van der Waals surface area (Å²) in [5, 5.41) is 0.759. The maximum absolute atomic E-state index is 12.6. The predicted octanol–water partition coefficient (Wildman–Crippen LogP) is 2.89. The summed E-state index contributed by atoms with van der Waals surface area (Å²) in [5.41, 5.74) is 2.12. The van der Waals surface area contributed by atoms with Crippen LogP contribution in [0, 0.1) is 6.92 Å². The Morgan fingerprint density at radius 1 is 1.07 bits per heavy atom. The quantitative estimate of drug-likeness (QED) is 0.501. The van der Waals surface area contributed by atoms with Crippen molar-refractivity contribution < 1.29 is 22.7 Å². The molecular weight excluding hydrogens is 368 g/mol. The number of fused-ring (bicyclic) bond motifs is 1. The monoisotopic (exact) mass is 386 g/mol. The van der Waals surface area contributed by atoms with Gasteiger partial charge in [0, 0.05) is 22.2 Å². The van der Waals surface area contributed by atoms with Gasteiger partial charge in [-0.2, -0.15) is 0 Å². The summed E-state index contributed by atoms with van der Waals surface area (Å²) < 4.78 is 30.3. The van der Waals surface area contributed by atoms with Crippen LogP contribution in [0.1, 0.15) is 26.4 Å². The molecule has 27 heavy (non-hydrogen) atoms. The number of hydrogen-bond acceptors (Lipinski definition) is 5. The van der Waals surface area contributed by atoms with E-state index in [0.717, 1.165) is 17.2 Å². The van der Waals surface area contributed by atoms with Gasteiger partial charge in [-0.3, -0.25) is 9.52 Å². The van der Waals surface area contributed by atoms with Gasteiger partial charge in [0.15, 0.2) is 6.61 Å². The van der Waals surface area contributed by atoms with Gasteiger partial charge >= 0.3 is 5.97 Å². The van der Waals surface area contributed by atoms with Crippen LogP contribution in [0.2, 0.25) is 0 Å². The van der Waals surface area contributed by atoms with E-state index in [9.17, 15) is 18.0 Å². The number of aromatic nitrogens is 1. The SMILES string of the molecule is Cc1[nH]c2ccccc2c1C(=O)COC(=O)c1ccccc1NS(C)(=O)=O. The van der Waals surface area contributed by atoms with Crippen molar-refractivity contribution in [1.82, 2.24) is 4.98 Å². The van der Waals surface area contributed by atoms with Crippen molar-refractivity contribution in [2.75, 3.05) is 17.6 Å². The molecule has 0 fully saturated rings. The standard InChI is InChI=1S/C19H18N2O5S/c1-12-18(13-7-3-5-9-15(13)20-12)17(22)11-26-19(23)14-8-4-6-10-16(14)21-27(2,24)25/h3-10,20-21H,11H2,1-2H3. The minimum atomic E-state index is -3.56. The smallest absolute Gasteiger partial charge is 0.340 e. The molecule has 0 saturated heterocycles. The van der Waals surface area contributed by atoms with Crippen LogP contribution in [0.15, 0.2) is 48.5 Å². The lowest BCUT2D eigenvalue weighted by atomic mass is 10.1. The van der Waals surface area contributed by atoms with E-state index in [2.05, 4.69) is 9.71 Å². The van der Waals surface area contributed by atoms with Crippen molar-refractivity contribution in [2.24, 2.45) is 0 Å². The molecule has 1 heterocycles. The predicted molar refractivity (Wildman–Crippen MR) is 103 cm³/mol. The molecule has 0 aliphatic rings. The molecule has 8 heteroatoms. The Balaban J connectivity index is 1.78. The van der Waals surface area contributed by atoms with Crippen LogP contribution < -0.4 is 4.72 Å². The number of hydrogen-bond donors (Lipinski definition) is 2. The molecule has 0 amide bonds.